The summed E-state index contributed by atoms with van der Waals surface area (Å²) >= 11 is 0. The lowest BCUT2D eigenvalue weighted by molar-refractivity contribution is -0.0447. The van der Waals surface area contributed by atoms with Gasteiger partial charge in [0.25, 0.3) is 0 Å². The minimum Gasteiger partial charge on any atom is -0.392 e. The summed E-state index contributed by atoms with van der Waals surface area (Å²) in [7, 11) is 0. The van der Waals surface area contributed by atoms with Crippen molar-refractivity contribution < 1.29 is 15.3 Å². The van der Waals surface area contributed by atoms with Gasteiger partial charge in [-0.15, -0.1) is 0 Å². The molecule has 82 valence electrons. The number of hydrogen-bond acceptors (Lipinski definition) is 3. The first-order valence-electron chi connectivity index (χ1n) is 4.88. The van der Waals surface area contributed by atoms with Crippen molar-refractivity contribution in [2.24, 2.45) is 0 Å². The molecular formula is C12H16O3. The van der Waals surface area contributed by atoms with Crippen molar-refractivity contribution in [3.05, 3.63) is 41.5 Å². The Bertz CT molecular complexity index is 332. The lowest BCUT2D eigenvalue weighted by atomic mass is 10.00. The molecule has 0 aliphatic heterocycles. The Kier molecular flexibility index (Phi) is 4.49. The fraction of sp³-hybridized carbons (Fsp3) is 0.333. The zero-order valence-corrected chi connectivity index (χ0v) is 8.56. The van der Waals surface area contributed by atoms with Crippen LogP contribution in [0.3, 0.4) is 0 Å². The van der Waals surface area contributed by atoms with E-state index in [1.807, 2.05) is 18.2 Å². The quantitative estimate of drug-likeness (QED) is 0.634. The standard InChI is InChI=1S/C12H16O3/c1-2-9-3-4-11(8-13)10(7-9)5-6-12(14)15/h2-4,7,12-15H,1,5-6,8H2. The molecule has 0 fully saturated rings. The molecule has 0 bridgehead atoms. The average Bonchev–Trinajstić information content (AvgIpc) is 2.25. The Balaban J connectivity index is 2.85. The highest BCUT2D eigenvalue weighted by atomic mass is 16.5. The first-order valence-corrected chi connectivity index (χ1v) is 4.88. The third kappa shape index (κ3) is 3.47. The van der Waals surface area contributed by atoms with Crippen molar-refractivity contribution in [2.45, 2.75) is 25.7 Å². The second-order valence-corrected chi connectivity index (χ2v) is 3.41. The number of aryl methyl sites for hydroxylation is 1. The van der Waals surface area contributed by atoms with Crippen LogP contribution in [0.4, 0.5) is 0 Å². The highest BCUT2D eigenvalue weighted by molar-refractivity contribution is 5.49. The molecular weight excluding hydrogens is 192 g/mol. The Morgan fingerprint density at radius 1 is 1.27 bits per heavy atom. The number of benzene rings is 1. The molecule has 15 heavy (non-hydrogen) atoms. The monoisotopic (exact) mass is 208 g/mol. The van der Waals surface area contributed by atoms with Gasteiger partial charge in [0.15, 0.2) is 6.29 Å². The third-order valence-electron chi connectivity index (χ3n) is 2.31. The van der Waals surface area contributed by atoms with Crippen LogP contribution in [-0.4, -0.2) is 21.6 Å². The van der Waals surface area contributed by atoms with Crippen LogP contribution < -0.4 is 0 Å². The molecule has 0 radical (unpaired) electrons. The molecule has 3 nitrogen and oxygen atoms in total. The summed E-state index contributed by atoms with van der Waals surface area (Å²) < 4.78 is 0. The van der Waals surface area contributed by atoms with E-state index in [1.54, 1.807) is 6.08 Å². The number of aliphatic hydroxyl groups excluding tert-OH is 2. The lowest BCUT2D eigenvalue weighted by Gasteiger charge is -2.09. The van der Waals surface area contributed by atoms with E-state index in [1.165, 1.54) is 0 Å². The molecule has 1 aromatic rings. The molecule has 0 saturated heterocycles. The van der Waals surface area contributed by atoms with Crippen molar-refractivity contribution in [1.29, 1.82) is 0 Å². The van der Waals surface area contributed by atoms with E-state index in [0.29, 0.717) is 6.42 Å². The molecule has 0 atom stereocenters. The van der Waals surface area contributed by atoms with Gasteiger partial charge in [0.1, 0.15) is 0 Å². The average molecular weight is 208 g/mol. The topological polar surface area (TPSA) is 60.7 Å². The first-order chi connectivity index (χ1) is 7.17. The van der Waals surface area contributed by atoms with Gasteiger partial charge in [-0.3, -0.25) is 0 Å². The van der Waals surface area contributed by atoms with Crippen LogP contribution in [0, 0.1) is 0 Å². The summed E-state index contributed by atoms with van der Waals surface area (Å²) in [4.78, 5) is 0. The summed E-state index contributed by atoms with van der Waals surface area (Å²) in [5.74, 6) is 0. The van der Waals surface area contributed by atoms with Gasteiger partial charge in [0.05, 0.1) is 6.61 Å². The molecule has 3 heteroatoms. The summed E-state index contributed by atoms with van der Waals surface area (Å²) in [6.07, 6.45) is 1.23. The predicted molar refractivity (Wildman–Crippen MR) is 59.0 cm³/mol. The van der Waals surface area contributed by atoms with E-state index in [4.69, 9.17) is 15.3 Å². The van der Waals surface area contributed by atoms with Gasteiger partial charge in [-0.1, -0.05) is 30.9 Å². The lowest BCUT2D eigenvalue weighted by Crippen LogP contribution is -2.07. The van der Waals surface area contributed by atoms with Crippen molar-refractivity contribution in [3.63, 3.8) is 0 Å². The minimum atomic E-state index is -1.30. The molecule has 0 unspecified atom stereocenters. The summed E-state index contributed by atoms with van der Waals surface area (Å²) in [5.41, 5.74) is 2.72. The van der Waals surface area contributed by atoms with Crippen molar-refractivity contribution in [1.82, 2.24) is 0 Å². The normalized spacial score (nSPS) is 10.7. The summed E-state index contributed by atoms with van der Waals surface area (Å²) in [5, 5.41) is 26.6. The van der Waals surface area contributed by atoms with Gasteiger partial charge < -0.3 is 15.3 Å². The van der Waals surface area contributed by atoms with E-state index in [0.717, 1.165) is 16.7 Å². The maximum absolute atomic E-state index is 9.10. The van der Waals surface area contributed by atoms with E-state index in [9.17, 15) is 0 Å². The van der Waals surface area contributed by atoms with Gasteiger partial charge in [-0.05, 0) is 23.1 Å². The molecule has 0 saturated carbocycles. The van der Waals surface area contributed by atoms with Crippen LogP contribution in [-0.2, 0) is 13.0 Å². The highest BCUT2D eigenvalue weighted by Crippen LogP contribution is 2.15. The third-order valence-corrected chi connectivity index (χ3v) is 2.31. The molecule has 0 amide bonds. The Morgan fingerprint density at radius 2 is 2.00 bits per heavy atom. The second-order valence-electron chi connectivity index (χ2n) is 3.41. The minimum absolute atomic E-state index is 0.0335. The van der Waals surface area contributed by atoms with Gasteiger partial charge in [0.2, 0.25) is 0 Å². The van der Waals surface area contributed by atoms with Crippen LogP contribution in [0.2, 0.25) is 0 Å². The molecule has 0 aliphatic carbocycles. The molecule has 0 aromatic heterocycles. The second kappa shape index (κ2) is 5.66. The fourth-order valence-corrected chi connectivity index (χ4v) is 1.44. The van der Waals surface area contributed by atoms with Crippen LogP contribution in [0.25, 0.3) is 6.08 Å². The van der Waals surface area contributed by atoms with Gasteiger partial charge in [0, 0.05) is 6.42 Å². The van der Waals surface area contributed by atoms with E-state index in [2.05, 4.69) is 6.58 Å². The summed E-state index contributed by atoms with van der Waals surface area (Å²) in [6.45, 7) is 3.63. The molecule has 1 rings (SSSR count). The smallest absolute Gasteiger partial charge is 0.151 e. The van der Waals surface area contributed by atoms with Crippen molar-refractivity contribution in [2.75, 3.05) is 0 Å². The van der Waals surface area contributed by atoms with Gasteiger partial charge in [-0.2, -0.15) is 0 Å². The number of aliphatic hydroxyl groups is 3. The number of hydrogen-bond donors (Lipinski definition) is 3. The van der Waals surface area contributed by atoms with Crippen molar-refractivity contribution >= 4 is 6.08 Å². The molecule has 0 aliphatic rings. The Labute approximate surface area is 89.3 Å². The van der Waals surface area contributed by atoms with E-state index < -0.39 is 6.29 Å². The zero-order valence-electron chi connectivity index (χ0n) is 8.56. The first kappa shape index (κ1) is 11.9. The largest absolute Gasteiger partial charge is 0.392 e. The van der Waals surface area contributed by atoms with Crippen LogP contribution >= 0.6 is 0 Å². The SMILES string of the molecule is C=Cc1ccc(CO)c(CCC(O)O)c1. The molecule has 0 spiro atoms. The van der Waals surface area contributed by atoms with Gasteiger partial charge >= 0.3 is 0 Å². The summed E-state index contributed by atoms with van der Waals surface area (Å²) in [6, 6.07) is 5.61. The van der Waals surface area contributed by atoms with E-state index in [-0.39, 0.29) is 13.0 Å². The van der Waals surface area contributed by atoms with Gasteiger partial charge in [-0.25, -0.2) is 0 Å². The molecule has 0 heterocycles. The maximum atomic E-state index is 9.10. The zero-order chi connectivity index (χ0) is 11.3. The fourth-order valence-electron chi connectivity index (χ4n) is 1.44. The molecule has 3 N–H and O–H groups in total. The van der Waals surface area contributed by atoms with Crippen LogP contribution in [0.5, 0.6) is 0 Å². The van der Waals surface area contributed by atoms with Crippen molar-refractivity contribution in [3.8, 4) is 0 Å². The van der Waals surface area contributed by atoms with Crippen LogP contribution in [0.15, 0.2) is 24.8 Å². The van der Waals surface area contributed by atoms with E-state index >= 15 is 0 Å². The van der Waals surface area contributed by atoms with Crippen LogP contribution in [0.1, 0.15) is 23.1 Å². The predicted octanol–water partition coefficient (Wildman–Crippen LogP) is 1.07. The number of rotatable bonds is 5. The molecule has 1 aromatic carbocycles. The Morgan fingerprint density at radius 3 is 2.53 bits per heavy atom. The maximum Gasteiger partial charge on any atom is 0.151 e. The highest BCUT2D eigenvalue weighted by Gasteiger charge is 2.04. The Hall–Kier alpha value is -1.16.